The quantitative estimate of drug-likeness (QED) is 0.289. The Morgan fingerprint density at radius 2 is 2.00 bits per heavy atom. The summed E-state index contributed by atoms with van der Waals surface area (Å²) in [6, 6.07) is 8.06. The molecule has 0 radical (unpaired) electrons. The van der Waals surface area contributed by atoms with E-state index in [0.717, 1.165) is 30.7 Å². The van der Waals surface area contributed by atoms with Crippen LogP contribution in [0.15, 0.2) is 24.3 Å². The van der Waals surface area contributed by atoms with Crippen molar-refractivity contribution >= 4 is 42.8 Å². The Labute approximate surface area is 171 Å². The highest BCUT2D eigenvalue weighted by atomic mass is 127. The summed E-state index contributed by atoms with van der Waals surface area (Å²) >= 11 is 2.06. The average molecular weight is 495 g/mol. The van der Waals surface area contributed by atoms with Gasteiger partial charge in [-0.3, -0.25) is 13.8 Å². The van der Waals surface area contributed by atoms with Crippen molar-refractivity contribution in [3.8, 4) is 5.75 Å². The van der Waals surface area contributed by atoms with E-state index in [1.165, 1.54) is 9.21 Å². The first-order valence-electron chi connectivity index (χ1n) is 8.56. The second-order valence-corrected chi connectivity index (χ2v) is 7.01. The number of hydrogen-bond donors (Lipinski definition) is 0. The molecule has 2 atom stereocenters. The van der Waals surface area contributed by atoms with Gasteiger partial charge in [0, 0.05) is 34.2 Å². The van der Waals surface area contributed by atoms with E-state index < -0.39 is 0 Å². The summed E-state index contributed by atoms with van der Waals surface area (Å²) in [6.07, 6.45) is 2.47. The van der Waals surface area contributed by atoms with Gasteiger partial charge in [-0.1, -0.05) is 25.5 Å². The molecule has 1 saturated heterocycles. The molecule has 1 aliphatic rings. The van der Waals surface area contributed by atoms with Gasteiger partial charge in [0.25, 0.3) is 12.4 Å². The maximum atomic E-state index is 12.5. The fourth-order valence-corrected chi connectivity index (χ4v) is 3.70. The van der Waals surface area contributed by atoms with Gasteiger partial charge in [0.15, 0.2) is 6.10 Å². The zero-order valence-corrected chi connectivity index (χ0v) is 18.3. The third-order valence-corrected chi connectivity index (χ3v) is 4.94. The fraction of sp³-hybridized carbons (Fsp3) is 0.556. The minimum atomic E-state index is -0.337. The summed E-state index contributed by atoms with van der Waals surface area (Å²) < 4.78 is 14.9. The van der Waals surface area contributed by atoms with Crippen molar-refractivity contribution in [3.05, 3.63) is 29.8 Å². The Morgan fingerprint density at radius 1 is 1.31 bits per heavy atom. The summed E-state index contributed by atoms with van der Waals surface area (Å²) in [5.74, 6) is 0.937. The maximum Gasteiger partial charge on any atom is 0.293 e. The first-order valence-corrected chi connectivity index (χ1v) is 11.8. The van der Waals surface area contributed by atoms with E-state index >= 15 is 0 Å². The van der Waals surface area contributed by atoms with Gasteiger partial charge in [-0.05, 0) is 31.0 Å². The predicted molar refractivity (Wildman–Crippen MR) is 111 cm³/mol. The van der Waals surface area contributed by atoms with E-state index in [9.17, 15) is 9.59 Å². The van der Waals surface area contributed by atoms with E-state index in [1.54, 1.807) is 14.0 Å². The van der Waals surface area contributed by atoms with Crippen LogP contribution < -0.4 is 4.74 Å². The molecule has 0 spiro atoms. The number of halogens is 1. The molecule has 0 bridgehead atoms. The Bertz CT molecular complexity index is 543. The van der Waals surface area contributed by atoms with Crippen LogP contribution in [0.4, 0.5) is 0 Å². The number of amides is 1. The standard InChI is InChI=1S/C15H20INO3S.C3H6O2/c1-3-4-9-17-13(10-14(15(17)18)20-21-16)11-5-7-12(19-2)8-6-11;1-2-5-3-4/h5-8,13-14H,3-4,9-10H2,1-2H3;3H,2H2,1H3. The van der Waals surface area contributed by atoms with Gasteiger partial charge in [-0.15, -0.1) is 0 Å². The number of nitrogens with zero attached hydrogens (tertiary/aromatic N) is 1. The molecule has 8 heteroatoms. The summed E-state index contributed by atoms with van der Waals surface area (Å²) in [4.78, 5) is 23.6. The van der Waals surface area contributed by atoms with Crippen molar-refractivity contribution < 1.29 is 23.2 Å². The number of rotatable bonds is 9. The van der Waals surface area contributed by atoms with E-state index in [0.29, 0.717) is 19.5 Å². The molecule has 0 aliphatic carbocycles. The van der Waals surface area contributed by atoms with Crippen molar-refractivity contribution in [3.63, 3.8) is 0 Å². The number of methoxy groups -OCH3 is 1. The van der Waals surface area contributed by atoms with Crippen molar-refractivity contribution in [2.75, 3.05) is 20.3 Å². The van der Waals surface area contributed by atoms with Crippen LogP contribution in [0.2, 0.25) is 0 Å². The molecule has 1 aliphatic heterocycles. The van der Waals surface area contributed by atoms with Crippen molar-refractivity contribution in [2.24, 2.45) is 0 Å². The van der Waals surface area contributed by atoms with E-state index in [4.69, 9.17) is 8.92 Å². The van der Waals surface area contributed by atoms with E-state index in [-0.39, 0.29) is 18.1 Å². The minimum absolute atomic E-state index is 0.100. The van der Waals surface area contributed by atoms with Gasteiger partial charge >= 0.3 is 0 Å². The zero-order valence-electron chi connectivity index (χ0n) is 15.4. The van der Waals surface area contributed by atoms with Crippen LogP contribution in [0, 0.1) is 0 Å². The van der Waals surface area contributed by atoms with Crippen molar-refractivity contribution in [1.82, 2.24) is 4.90 Å². The molecule has 0 N–H and O–H groups in total. The van der Waals surface area contributed by atoms with Crippen LogP contribution in [-0.2, 0) is 18.5 Å². The Morgan fingerprint density at radius 3 is 2.46 bits per heavy atom. The number of carbonyl (C=O) groups excluding carboxylic acids is 2. The van der Waals surface area contributed by atoms with Crippen LogP contribution >= 0.6 is 30.4 Å². The molecule has 1 amide bonds. The predicted octanol–water partition coefficient (Wildman–Crippen LogP) is 4.33. The van der Waals surface area contributed by atoms with Gasteiger partial charge < -0.3 is 14.4 Å². The lowest BCUT2D eigenvalue weighted by Crippen LogP contribution is -2.32. The molecular formula is C18H26INO5S. The molecule has 1 fully saturated rings. The normalized spacial score (nSPS) is 18.9. The largest absolute Gasteiger partial charge is 0.497 e. The average Bonchev–Trinajstić information content (AvgIpc) is 2.97. The molecular weight excluding hydrogens is 469 g/mol. The molecule has 1 heterocycles. The van der Waals surface area contributed by atoms with Gasteiger partial charge in [0.05, 0.1) is 29.0 Å². The zero-order chi connectivity index (χ0) is 19.4. The monoisotopic (exact) mass is 495 g/mol. The SMILES string of the molecule is CCCCN1C(=O)C(OSI)CC1c1ccc(OC)cc1.CCOC=O. The molecule has 0 aromatic heterocycles. The van der Waals surface area contributed by atoms with Gasteiger partial charge in [0.2, 0.25) is 0 Å². The number of hydrogen-bond acceptors (Lipinski definition) is 6. The first kappa shape index (κ1) is 23.0. The number of unbranched alkanes of at least 4 members (excludes halogenated alkanes) is 1. The molecule has 2 rings (SSSR count). The summed E-state index contributed by atoms with van der Waals surface area (Å²) in [7, 11) is 2.89. The summed E-state index contributed by atoms with van der Waals surface area (Å²) in [6.45, 7) is 5.59. The Balaban J connectivity index is 0.000000597. The van der Waals surface area contributed by atoms with Crippen LogP contribution in [0.1, 0.15) is 44.7 Å². The third kappa shape index (κ3) is 6.96. The van der Waals surface area contributed by atoms with E-state index in [1.807, 2.05) is 29.2 Å². The molecule has 1 aromatic rings. The topological polar surface area (TPSA) is 65.1 Å². The third-order valence-electron chi connectivity index (χ3n) is 4.01. The first-order chi connectivity index (χ1) is 12.6. The highest BCUT2D eigenvalue weighted by Gasteiger charge is 2.40. The summed E-state index contributed by atoms with van der Waals surface area (Å²) in [5, 5.41) is 0. The minimum Gasteiger partial charge on any atom is -0.497 e. The fourth-order valence-electron chi connectivity index (χ4n) is 2.70. The highest BCUT2D eigenvalue weighted by Crippen LogP contribution is 2.37. The molecule has 2 unspecified atom stereocenters. The molecule has 146 valence electrons. The molecule has 26 heavy (non-hydrogen) atoms. The van der Waals surface area contributed by atoms with Crippen LogP contribution in [0.5, 0.6) is 5.75 Å². The molecule has 0 saturated carbocycles. The van der Waals surface area contributed by atoms with Gasteiger partial charge in [-0.2, -0.15) is 0 Å². The van der Waals surface area contributed by atoms with Crippen LogP contribution in [0.25, 0.3) is 0 Å². The maximum absolute atomic E-state index is 12.5. The number of likely N-dealkylation sites (tertiary alicyclic amines) is 1. The molecule has 1 aromatic carbocycles. The second kappa shape index (κ2) is 13.2. The Kier molecular flexibility index (Phi) is 11.7. The Hall–Kier alpha value is -1.00. The van der Waals surface area contributed by atoms with Crippen molar-refractivity contribution in [2.45, 2.75) is 45.3 Å². The second-order valence-electron chi connectivity index (χ2n) is 5.61. The number of carbonyl (C=O) groups is 2. The highest BCUT2D eigenvalue weighted by molar-refractivity contribution is 14.2. The van der Waals surface area contributed by atoms with Crippen LogP contribution in [0.3, 0.4) is 0 Å². The lowest BCUT2D eigenvalue weighted by Gasteiger charge is -2.24. The van der Waals surface area contributed by atoms with Crippen LogP contribution in [-0.4, -0.2) is 43.6 Å². The lowest BCUT2D eigenvalue weighted by atomic mass is 10.0. The number of ether oxygens (including phenoxy) is 2. The van der Waals surface area contributed by atoms with Gasteiger partial charge in [-0.25, -0.2) is 0 Å². The number of benzene rings is 1. The summed E-state index contributed by atoms with van der Waals surface area (Å²) in [5.41, 5.74) is 1.14. The lowest BCUT2D eigenvalue weighted by molar-refractivity contribution is -0.134. The van der Waals surface area contributed by atoms with Crippen molar-refractivity contribution in [1.29, 1.82) is 0 Å². The van der Waals surface area contributed by atoms with E-state index in [2.05, 4.69) is 32.9 Å². The van der Waals surface area contributed by atoms with Gasteiger partial charge in [0.1, 0.15) is 5.75 Å². The molecule has 6 nitrogen and oxygen atoms in total. The smallest absolute Gasteiger partial charge is 0.293 e.